The fourth-order valence-corrected chi connectivity index (χ4v) is 0.724. The largest absolute Gasteiger partial charge is 0.392 e. The molecule has 0 unspecified atom stereocenters. The van der Waals surface area contributed by atoms with Crippen molar-refractivity contribution in [3.63, 3.8) is 0 Å². The van der Waals surface area contributed by atoms with Crippen LogP contribution in [0.2, 0.25) is 0 Å². The quantitative estimate of drug-likeness (QED) is 0.580. The Morgan fingerprint density at radius 2 is 2.30 bits per heavy atom. The standard InChI is InChI=1S/C8H7NO/c1-9-8-4-2-3-7(5-8)6-10/h2-5,10H,6H2. The van der Waals surface area contributed by atoms with Crippen molar-refractivity contribution in [2.24, 2.45) is 0 Å². The number of hydrogen-bond donors (Lipinski definition) is 1. The summed E-state index contributed by atoms with van der Waals surface area (Å²) in [6, 6.07) is 6.94. The first-order valence-corrected chi connectivity index (χ1v) is 2.94. The first kappa shape index (κ1) is 6.79. The van der Waals surface area contributed by atoms with Gasteiger partial charge in [0.1, 0.15) is 0 Å². The average molecular weight is 133 g/mol. The first-order chi connectivity index (χ1) is 4.86. The molecule has 0 radical (unpaired) electrons. The molecule has 0 saturated carbocycles. The van der Waals surface area contributed by atoms with E-state index in [0.29, 0.717) is 5.69 Å². The minimum atomic E-state index is 0.00333. The lowest BCUT2D eigenvalue weighted by Gasteiger charge is -1.93. The van der Waals surface area contributed by atoms with Crippen molar-refractivity contribution < 1.29 is 5.11 Å². The van der Waals surface area contributed by atoms with Crippen molar-refractivity contribution >= 4 is 5.69 Å². The number of benzene rings is 1. The van der Waals surface area contributed by atoms with Crippen molar-refractivity contribution in [2.75, 3.05) is 0 Å². The molecule has 10 heavy (non-hydrogen) atoms. The molecule has 0 aromatic heterocycles. The van der Waals surface area contributed by atoms with Gasteiger partial charge in [-0.1, -0.05) is 24.3 Å². The van der Waals surface area contributed by atoms with Gasteiger partial charge in [0.15, 0.2) is 5.69 Å². The molecule has 1 rings (SSSR count). The van der Waals surface area contributed by atoms with Crippen LogP contribution in [0.5, 0.6) is 0 Å². The first-order valence-electron chi connectivity index (χ1n) is 2.94. The van der Waals surface area contributed by atoms with E-state index in [1.54, 1.807) is 24.3 Å². The van der Waals surface area contributed by atoms with Gasteiger partial charge >= 0.3 is 0 Å². The molecule has 1 aromatic rings. The van der Waals surface area contributed by atoms with Gasteiger partial charge in [-0.2, -0.15) is 0 Å². The highest BCUT2D eigenvalue weighted by Crippen LogP contribution is 2.12. The summed E-state index contributed by atoms with van der Waals surface area (Å²) < 4.78 is 0. The number of aliphatic hydroxyl groups is 1. The lowest BCUT2D eigenvalue weighted by Crippen LogP contribution is -1.78. The minimum absolute atomic E-state index is 0.00333. The second-order valence-electron chi connectivity index (χ2n) is 1.94. The third-order valence-electron chi connectivity index (χ3n) is 1.22. The van der Waals surface area contributed by atoms with Gasteiger partial charge in [0.25, 0.3) is 0 Å². The van der Waals surface area contributed by atoms with Gasteiger partial charge in [0.2, 0.25) is 0 Å². The van der Waals surface area contributed by atoms with Gasteiger partial charge < -0.3 is 5.11 Å². The molecule has 2 heteroatoms. The molecule has 0 aliphatic carbocycles. The Hall–Kier alpha value is -1.33. The van der Waals surface area contributed by atoms with Crippen molar-refractivity contribution in [1.82, 2.24) is 0 Å². The van der Waals surface area contributed by atoms with E-state index in [1.807, 2.05) is 0 Å². The molecule has 1 N–H and O–H groups in total. The highest BCUT2D eigenvalue weighted by atomic mass is 16.3. The molecule has 0 fully saturated rings. The molecule has 0 spiro atoms. The summed E-state index contributed by atoms with van der Waals surface area (Å²) in [5.74, 6) is 0. The molecule has 0 aliphatic heterocycles. The van der Waals surface area contributed by atoms with Crippen molar-refractivity contribution in [3.8, 4) is 0 Å². The molecule has 0 aliphatic rings. The van der Waals surface area contributed by atoms with Gasteiger partial charge in [-0.25, -0.2) is 4.85 Å². The number of nitrogens with zero attached hydrogens (tertiary/aromatic N) is 1. The Kier molecular flexibility index (Phi) is 2.03. The highest BCUT2D eigenvalue weighted by Gasteiger charge is 1.90. The lowest BCUT2D eigenvalue weighted by atomic mass is 10.2. The predicted molar refractivity (Wildman–Crippen MR) is 38.6 cm³/mol. The van der Waals surface area contributed by atoms with E-state index in [2.05, 4.69) is 4.85 Å². The Balaban J connectivity index is 3.01. The summed E-state index contributed by atoms with van der Waals surface area (Å²) in [6.45, 7) is 6.66. The smallest absolute Gasteiger partial charge is 0.187 e. The van der Waals surface area contributed by atoms with Crippen LogP contribution in [-0.2, 0) is 6.61 Å². The SMILES string of the molecule is [C-]#[N+]c1cccc(CO)c1. The van der Waals surface area contributed by atoms with Crippen LogP contribution in [0.4, 0.5) is 5.69 Å². The van der Waals surface area contributed by atoms with E-state index in [4.69, 9.17) is 11.7 Å². The van der Waals surface area contributed by atoms with Crippen LogP contribution >= 0.6 is 0 Å². The molecule has 0 bridgehead atoms. The fraction of sp³-hybridized carbons (Fsp3) is 0.125. The Morgan fingerprint density at radius 1 is 1.50 bits per heavy atom. The van der Waals surface area contributed by atoms with Crippen LogP contribution in [0.3, 0.4) is 0 Å². The third-order valence-corrected chi connectivity index (χ3v) is 1.22. The van der Waals surface area contributed by atoms with E-state index >= 15 is 0 Å². The van der Waals surface area contributed by atoms with E-state index in [9.17, 15) is 0 Å². The average Bonchev–Trinajstić information content (AvgIpc) is 2.05. The normalized spacial score (nSPS) is 8.80. The monoisotopic (exact) mass is 133 g/mol. The summed E-state index contributed by atoms with van der Waals surface area (Å²) >= 11 is 0. The van der Waals surface area contributed by atoms with E-state index in [1.165, 1.54) is 0 Å². The number of rotatable bonds is 1. The van der Waals surface area contributed by atoms with Crippen LogP contribution < -0.4 is 0 Å². The topological polar surface area (TPSA) is 24.6 Å². The predicted octanol–water partition coefficient (Wildman–Crippen LogP) is 1.73. The van der Waals surface area contributed by atoms with E-state index in [-0.39, 0.29) is 6.61 Å². The van der Waals surface area contributed by atoms with Crippen LogP contribution in [-0.4, -0.2) is 5.11 Å². The summed E-state index contributed by atoms with van der Waals surface area (Å²) in [5, 5.41) is 8.65. The van der Waals surface area contributed by atoms with Crippen LogP contribution in [0.25, 0.3) is 4.85 Å². The second-order valence-corrected chi connectivity index (χ2v) is 1.94. The zero-order valence-corrected chi connectivity index (χ0v) is 5.41. The highest BCUT2D eigenvalue weighted by molar-refractivity contribution is 5.46. The molecular formula is C8H7NO. The van der Waals surface area contributed by atoms with Gasteiger partial charge in [-0.3, -0.25) is 0 Å². The summed E-state index contributed by atoms with van der Waals surface area (Å²) in [4.78, 5) is 3.22. The van der Waals surface area contributed by atoms with Crippen LogP contribution in [0.1, 0.15) is 5.56 Å². The Labute approximate surface area is 59.6 Å². The Bertz CT molecular complexity index is 262. The maximum Gasteiger partial charge on any atom is 0.187 e. The Morgan fingerprint density at radius 3 is 2.90 bits per heavy atom. The van der Waals surface area contributed by atoms with Crippen LogP contribution in [0, 0.1) is 6.57 Å². The molecule has 0 amide bonds. The molecule has 0 heterocycles. The zero-order valence-electron chi connectivity index (χ0n) is 5.41. The van der Waals surface area contributed by atoms with Crippen molar-refractivity contribution in [1.29, 1.82) is 0 Å². The lowest BCUT2D eigenvalue weighted by molar-refractivity contribution is 0.282. The summed E-state index contributed by atoms with van der Waals surface area (Å²) in [5.41, 5.74) is 1.36. The van der Waals surface area contributed by atoms with Gasteiger partial charge in [0.05, 0.1) is 13.2 Å². The maximum absolute atomic E-state index is 8.65. The molecule has 2 nitrogen and oxygen atoms in total. The third kappa shape index (κ3) is 1.34. The molecule has 50 valence electrons. The second kappa shape index (κ2) is 3.00. The van der Waals surface area contributed by atoms with Crippen molar-refractivity contribution in [3.05, 3.63) is 41.2 Å². The van der Waals surface area contributed by atoms with Gasteiger partial charge in [0, 0.05) is 0 Å². The fourth-order valence-electron chi connectivity index (χ4n) is 0.724. The molecule has 0 saturated heterocycles. The maximum atomic E-state index is 8.65. The summed E-state index contributed by atoms with van der Waals surface area (Å²) in [6.07, 6.45) is 0. The number of aliphatic hydroxyl groups excluding tert-OH is 1. The molecular weight excluding hydrogens is 126 g/mol. The summed E-state index contributed by atoms with van der Waals surface area (Å²) in [7, 11) is 0. The van der Waals surface area contributed by atoms with E-state index < -0.39 is 0 Å². The zero-order chi connectivity index (χ0) is 7.40. The van der Waals surface area contributed by atoms with Gasteiger partial charge in [-0.05, 0) is 5.56 Å². The van der Waals surface area contributed by atoms with Crippen molar-refractivity contribution in [2.45, 2.75) is 6.61 Å². The minimum Gasteiger partial charge on any atom is -0.392 e. The van der Waals surface area contributed by atoms with Crippen LogP contribution in [0.15, 0.2) is 24.3 Å². The van der Waals surface area contributed by atoms with Gasteiger partial charge in [-0.15, -0.1) is 0 Å². The van der Waals surface area contributed by atoms with E-state index in [0.717, 1.165) is 5.56 Å². The number of hydrogen-bond acceptors (Lipinski definition) is 1. The molecule has 0 atom stereocenters. The molecule has 1 aromatic carbocycles.